The molecule has 0 bridgehead atoms. The van der Waals surface area contributed by atoms with Gasteiger partial charge in [-0.25, -0.2) is 12.8 Å². The fraction of sp³-hybridized carbons (Fsp3) is 0.533. The number of halogens is 1. The molecule has 1 saturated heterocycles. The van der Waals surface area contributed by atoms with Crippen molar-refractivity contribution >= 4 is 21.4 Å². The fourth-order valence-electron chi connectivity index (χ4n) is 2.58. The summed E-state index contributed by atoms with van der Waals surface area (Å²) in [6.07, 6.45) is 2.84. The van der Waals surface area contributed by atoms with E-state index in [0.717, 1.165) is 31.3 Å². The molecule has 1 atom stereocenters. The second-order valence-electron chi connectivity index (χ2n) is 5.71. The van der Waals surface area contributed by atoms with Crippen LogP contribution in [0.4, 0.5) is 10.1 Å². The van der Waals surface area contributed by atoms with E-state index in [2.05, 4.69) is 5.32 Å². The van der Waals surface area contributed by atoms with Crippen molar-refractivity contribution < 1.29 is 17.6 Å². The molecule has 2 rings (SSSR count). The lowest BCUT2D eigenvalue weighted by molar-refractivity contribution is -0.121. The number of amides is 1. The van der Waals surface area contributed by atoms with Gasteiger partial charge < -0.3 is 10.2 Å². The van der Waals surface area contributed by atoms with Gasteiger partial charge in [0.25, 0.3) is 0 Å². The summed E-state index contributed by atoms with van der Waals surface area (Å²) in [5, 5.41) is 2.87. The zero-order chi connectivity index (χ0) is 16.2. The van der Waals surface area contributed by atoms with Crippen LogP contribution >= 0.6 is 0 Å². The Morgan fingerprint density at radius 3 is 2.91 bits per heavy atom. The molecular weight excluding hydrogens is 307 g/mol. The van der Waals surface area contributed by atoms with Gasteiger partial charge in [-0.2, -0.15) is 0 Å². The molecule has 1 aromatic rings. The number of hydrogen-bond donors (Lipinski definition) is 1. The van der Waals surface area contributed by atoms with E-state index in [0.29, 0.717) is 6.54 Å². The topological polar surface area (TPSA) is 66.5 Å². The van der Waals surface area contributed by atoms with Crippen molar-refractivity contribution in [2.75, 3.05) is 30.0 Å². The van der Waals surface area contributed by atoms with Crippen molar-refractivity contribution in [3.8, 4) is 0 Å². The van der Waals surface area contributed by atoms with E-state index in [9.17, 15) is 17.6 Å². The monoisotopic (exact) mass is 328 g/mol. The number of nitrogens with one attached hydrogen (secondary N) is 1. The molecule has 22 heavy (non-hydrogen) atoms. The number of benzene rings is 1. The van der Waals surface area contributed by atoms with Gasteiger partial charge in [-0.3, -0.25) is 4.79 Å². The second kappa shape index (κ2) is 7.09. The van der Waals surface area contributed by atoms with Gasteiger partial charge in [-0.05, 0) is 31.0 Å². The highest BCUT2D eigenvalue weighted by Crippen LogP contribution is 2.20. The van der Waals surface area contributed by atoms with Gasteiger partial charge in [0.2, 0.25) is 5.91 Å². The summed E-state index contributed by atoms with van der Waals surface area (Å²) < 4.78 is 35.4. The Balaban J connectivity index is 1.89. The Bertz CT molecular complexity index is 633. The number of carbonyl (C=O) groups excluding carboxylic acids is 1. The number of anilines is 1. The maximum absolute atomic E-state index is 13.3. The highest BCUT2D eigenvalue weighted by atomic mass is 32.2. The Labute approximate surface area is 130 Å². The van der Waals surface area contributed by atoms with Crippen LogP contribution in [0.25, 0.3) is 0 Å². The molecule has 0 aliphatic carbocycles. The van der Waals surface area contributed by atoms with Gasteiger partial charge in [0.1, 0.15) is 15.7 Å². The average Bonchev–Trinajstić information content (AvgIpc) is 2.45. The molecule has 122 valence electrons. The molecule has 1 unspecified atom stereocenters. The molecule has 1 aliphatic heterocycles. The minimum Gasteiger partial charge on any atom is -0.369 e. The number of piperidine rings is 1. The molecular formula is C15H21FN2O3S. The summed E-state index contributed by atoms with van der Waals surface area (Å²) in [6, 6.07) is 6.35. The zero-order valence-electron chi connectivity index (χ0n) is 12.6. The Hall–Kier alpha value is -1.63. The highest BCUT2D eigenvalue weighted by molar-refractivity contribution is 7.90. The lowest BCUT2D eigenvalue weighted by Crippen LogP contribution is -2.48. The average molecular weight is 328 g/mol. The van der Waals surface area contributed by atoms with Crippen LogP contribution in [0.2, 0.25) is 0 Å². The van der Waals surface area contributed by atoms with Gasteiger partial charge in [0.15, 0.2) is 0 Å². The molecule has 0 radical (unpaired) electrons. The summed E-state index contributed by atoms with van der Waals surface area (Å²) in [7, 11) is -3.13. The molecule has 1 aromatic carbocycles. The number of nitrogens with zero attached hydrogens (tertiary/aromatic N) is 1. The summed E-state index contributed by atoms with van der Waals surface area (Å²) in [4.78, 5) is 13.8. The van der Waals surface area contributed by atoms with E-state index >= 15 is 0 Å². The molecule has 1 amide bonds. The largest absolute Gasteiger partial charge is 0.369 e. The summed E-state index contributed by atoms with van der Waals surface area (Å²) in [5.74, 6) is -0.674. The Morgan fingerprint density at radius 1 is 1.45 bits per heavy atom. The van der Waals surface area contributed by atoms with Gasteiger partial charge in [0.05, 0.1) is 5.75 Å². The van der Waals surface area contributed by atoms with Crippen LogP contribution in [-0.2, 0) is 14.6 Å². The van der Waals surface area contributed by atoms with Gasteiger partial charge in [0, 0.05) is 37.5 Å². The third-order valence-corrected chi connectivity index (χ3v) is 4.61. The van der Waals surface area contributed by atoms with E-state index in [1.54, 1.807) is 6.07 Å². The molecule has 7 heteroatoms. The quantitative estimate of drug-likeness (QED) is 0.886. The maximum Gasteiger partial charge on any atom is 0.221 e. The van der Waals surface area contributed by atoms with Crippen LogP contribution in [0.15, 0.2) is 24.3 Å². The van der Waals surface area contributed by atoms with E-state index < -0.39 is 9.84 Å². The summed E-state index contributed by atoms with van der Waals surface area (Å²) in [5.41, 5.74) is 0.801. The zero-order valence-corrected chi connectivity index (χ0v) is 13.4. The first-order chi connectivity index (χ1) is 10.3. The number of rotatable bonds is 5. The maximum atomic E-state index is 13.3. The van der Waals surface area contributed by atoms with Crippen molar-refractivity contribution in [3.05, 3.63) is 30.1 Å². The molecule has 5 nitrogen and oxygen atoms in total. The van der Waals surface area contributed by atoms with Crippen LogP contribution in [0, 0.1) is 5.82 Å². The van der Waals surface area contributed by atoms with Crippen molar-refractivity contribution in [1.29, 1.82) is 0 Å². The highest BCUT2D eigenvalue weighted by Gasteiger charge is 2.22. The molecule has 0 saturated carbocycles. The Morgan fingerprint density at radius 2 is 2.23 bits per heavy atom. The van der Waals surface area contributed by atoms with Crippen LogP contribution in [0.5, 0.6) is 0 Å². The van der Waals surface area contributed by atoms with E-state index in [1.807, 2.05) is 11.0 Å². The molecule has 1 N–H and O–H groups in total. The predicted molar refractivity (Wildman–Crippen MR) is 84.1 cm³/mol. The van der Waals surface area contributed by atoms with Crippen molar-refractivity contribution in [2.45, 2.75) is 25.3 Å². The van der Waals surface area contributed by atoms with Crippen LogP contribution in [0.3, 0.4) is 0 Å². The van der Waals surface area contributed by atoms with E-state index in [-0.39, 0.29) is 29.9 Å². The third kappa shape index (κ3) is 5.29. The number of sulfone groups is 1. The molecule has 1 heterocycles. The van der Waals surface area contributed by atoms with Crippen molar-refractivity contribution in [3.63, 3.8) is 0 Å². The Kier molecular flexibility index (Phi) is 5.39. The molecule has 1 fully saturated rings. The van der Waals surface area contributed by atoms with Gasteiger partial charge in [-0.1, -0.05) is 6.07 Å². The summed E-state index contributed by atoms with van der Waals surface area (Å²) in [6.45, 7) is 1.42. The first-order valence-corrected chi connectivity index (χ1v) is 9.37. The lowest BCUT2D eigenvalue weighted by Gasteiger charge is -2.34. The number of carbonyl (C=O) groups is 1. The fourth-order valence-corrected chi connectivity index (χ4v) is 3.14. The van der Waals surface area contributed by atoms with E-state index in [4.69, 9.17) is 0 Å². The van der Waals surface area contributed by atoms with Gasteiger partial charge >= 0.3 is 0 Å². The molecule has 0 spiro atoms. The SMILES string of the molecule is CS(=O)(=O)CCC(=O)NC1CCCN(c2cccc(F)c2)C1. The van der Waals surface area contributed by atoms with Crippen molar-refractivity contribution in [2.24, 2.45) is 0 Å². The predicted octanol–water partition coefficient (Wildman–Crippen LogP) is 1.35. The standard InChI is InChI=1S/C15H21FN2O3S/c1-22(20,21)9-7-15(19)17-13-5-3-8-18(11-13)14-6-2-4-12(16)10-14/h2,4,6,10,13H,3,5,7-9,11H2,1H3,(H,17,19). The lowest BCUT2D eigenvalue weighted by atomic mass is 10.0. The van der Waals surface area contributed by atoms with E-state index in [1.165, 1.54) is 12.1 Å². The minimum absolute atomic E-state index is 0.0186. The normalized spacial score (nSPS) is 19.0. The van der Waals surface area contributed by atoms with Crippen LogP contribution < -0.4 is 10.2 Å². The van der Waals surface area contributed by atoms with Gasteiger partial charge in [-0.15, -0.1) is 0 Å². The summed E-state index contributed by atoms with van der Waals surface area (Å²) >= 11 is 0. The molecule has 0 aromatic heterocycles. The molecule has 1 aliphatic rings. The second-order valence-corrected chi connectivity index (χ2v) is 7.97. The number of hydrogen-bond acceptors (Lipinski definition) is 4. The third-order valence-electron chi connectivity index (χ3n) is 3.66. The van der Waals surface area contributed by atoms with Crippen molar-refractivity contribution in [1.82, 2.24) is 5.32 Å². The first-order valence-electron chi connectivity index (χ1n) is 7.31. The van der Waals surface area contributed by atoms with Crippen LogP contribution in [0.1, 0.15) is 19.3 Å². The first kappa shape index (κ1) is 16.7. The minimum atomic E-state index is -3.13. The van der Waals surface area contributed by atoms with Crippen LogP contribution in [-0.4, -0.2) is 45.5 Å². The smallest absolute Gasteiger partial charge is 0.221 e.